The van der Waals surface area contributed by atoms with Crippen LogP contribution in [-0.4, -0.2) is 39.5 Å². The number of aromatic nitrogens is 1. The van der Waals surface area contributed by atoms with Gasteiger partial charge in [0, 0.05) is 6.54 Å². The van der Waals surface area contributed by atoms with E-state index in [1.807, 2.05) is 0 Å². The van der Waals surface area contributed by atoms with Crippen LogP contribution in [0.5, 0.6) is 0 Å². The van der Waals surface area contributed by atoms with E-state index in [1.54, 1.807) is 6.92 Å². The van der Waals surface area contributed by atoms with E-state index in [9.17, 15) is 14.7 Å². The molecule has 1 fully saturated rings. The number of carbonyl (C=O) groups is 2. The Morgan fingerprint density at radius 3 is 2.75 bits per heavy atom. The normalized spacial score (nSPS) is 22.8. The average Bonchev–Trinajstić information content (AvgIpc) is 2.76. The highest BCUT2D eigenvalue weighted by Gasteiger charge is 2.37. The summed E-state index contributed by atoms with van der Waals surface area (Å²) in [6, 6.07) is -0.746. The summed E-state index contributed by atoms with van der Waals surface area (Å²) in [5, 5.41) is 9.70. The fourth-order valence-corrected chi connectivity index (χ4v) is 3.42. The molecule has 1 aliphatic rings. The van der Waals surface area contributed by atoms with Gasteiger partial charge in [0.2, 0.25) is 0 Å². The van der Waals surface area contributed by atoms with Crippen LogP contribution in [0.4, 0.5) is 5.13 Å². The van der Waals surface area contributed by atoms with Crippen molar-refractivity contribution in [3.05, 3.63) is 10.6 Å². The number of carboxylic acids is 1. The van der Waals surface area contributed by atoms with Crippen molar-refractivity contribution in [2.75, 3.05) is 12.3 Å². The SMILES string of the molecule is CCC1CCN(C(=O)c2sc(N)nc2C)C(C(=O)O)C1. The molecule has 6 nitrogen and oxygen atoms in total. The van der Waals surface area contributed by atoms with Gasteiger partial charge in [0.05, 0.1) is 5.69 Å². The van der Waals surface area contributed by atoms with Gasteiger partial charge in [0.25, 0.3) is 5.91 Å². The molecular formula is C13H19N3O3S. The quantitative estimate of drug-likeness (QED) is 0.886. The number of aliphatic carboxylic acids is 1. The zero-order chi connectivity index (χ0) is 14.9. The van der Waals surface area contributed by atoms with E-state index in [2.05, 4.69) is 11.9 Å². The number of carbonyl (C=O) groups excluding carboxylic acids is 1. The third kappa shape index (κ3) is 2.77. The van der Waals surface area contributed by atoms with Crippen molar-refractivity contribution in [3.63, 3.8) is 0 Å². The van der Waals surface area contributed by atoms with Crippen molar-refractivity contribution < 1.29 is 14.7 Å². The van der Waals surface area contributed by atoms with Crippen molar-refractivity contribution in [1.82, 2.24) is 9.88 Å². The fraction of sp³-hybridized carbons (Fsp3) is 0.615. The minimum Gasteiger partial charge on any atom is -0.480 e. The average molecular weight is 297 g/mol. The van der Waals surface area contributed by atoms with Gasteiger partial charge in [-0.2, -0.15) is 0 Å². The summed E-state index contributed by atoms with van der Waals surface area (Å²) in [5.41, 5.74) is 6.17. The van der Waals surface area contributed by atoms with Gasteiger partial charge in [-0.15, -0.1) is 0 Å². The summed E-state index contributed by atoms with van der Waals surface area (Å²) in [7, 11) is 0. The summed E-state index contributed by atoms with van der Waals surface area (Å²) in [6.07, 6.45) is 2.31. The zero-order valence-electron chi connectivity index (χ0n) is 11.6. The highest BCUT2D eigenvalue weighted by Crippen LogP contribution is 2.29. The van der Waals surface area contributed by atoms with Gasteiger partial charge in [-0.25, -0.2) is 9.78 Å². The number of nitrogens with two attached hydrogens (primary N) is 1. The van der Waals surface area contributed by atoms with Crippen LogP contribution in [0.1, 0.15) is 41.6 Å². The molecule has 1 aliphatic heterocycles. The van der Waals surface area contributed by atoms with Crippen LogP contribution >= 0.6 is 11.3 Å². The van der Waals surface area contributed by atoms with Crippen LogP contribution < -0.4 is 5.73 Å². The summed E-state index contributed by atoms with van der Waals surface area (Å²) >= 11 is 1.12. The highest BCUT2D eigenvalue weighted by molar-refractivity contribution is 7.17. The van der Waals surface area contributed by atoms with Crippen LogP contribution in [0.25, 0.3) is 0 Å². The van der Waals surface area contributed by atoms with Crippen molar-refractivity contribution in [3.8, 4) is 0 Å². The molecule has 0 aromatic carbocycles. The van der Waals surface area contributed by atoms with Gasteiger partial charge in [-0.1, -0.05) is 24.7 Å². The molecule has 2 heterocycles. The third-order valence-electron chi connectivity index (χ3n) is 3.84. The molecule has 0 radical (unpaired) electrons. The number of hydrogen-bond donors (Lipinski definition) is 2. The summed E-state index contributed by atoms with van der Waals surface area (Å²) in [5.74, 6) is -0.835. The second-order valence-electron chi connectivity index (χ2n) is 5.12. The molecule has 2 unspecified atom stereocenters. The van der Waals surface area contributed by atoms with Gasteiger partial charge < -0.3 is 15.7 Å². The standard InChI is InChI=1S/C13H19N3O3S/c1-3-8-4-5-16(9(6-8)12(18)19)11(17)10-7(2)15-13(14)20-10/h8-9H,3-6H2,1-2H3,(H2,14,15)(H,18,19). The lowest BCUT2D eigenvalue weighted by Gasteiger charge is -2.36. The van der Waals surface area contributed by atoms with Crippen LogP contribution in [-0.2, 0) is 4.79 Å². The van der Waals surface area contributed by atoms with Crippen molar-refractivity contribution in [2.24, 2.45) is 5.92 Å². The lowest BCUT2D eigenvalue weighted by molar-refractivity contribution is -0.144. The molecule has 1 amide bonds. The number of piperidine rings is 1. The van der Waals surface area contributed by atoms with E-state index < -0.39 is 12.0 Å². The molecule has 0 bridgehead atoms. The first kappa shape index (κ1) is 14.8. The molecule has 1 aromatic heterocycles. The third-order valence-corrected chi connectivity index (χ3v) is 4.82. The first-order valence-electron chi connectivity index (χ1n) is 6.70. The first-order chi connectivity index (χ1) is 9.43. The highest BCUT2D eigenvalue weighted by atomic mass is 32.1. The molecule has 0 saturated carbocycles. The second kappa shape index (κ2) is 5.78. The number of amides is 1. The predicted octanol–water partition coefficient (Wildman–Crippen LogP) is 1.75. The molecule has 0 aliphatic carbocycles. The number of nitrogen functional groups attached to an aromatic ring is 1. The maximum Gasteiger partial charge on any atom is 0.326 e. The Hall–Kier alpha value is -1.63. The van der Waals surface area contributed by atoms with Crippen LogP contribution in [0, 0.1) is 12.8 Å². The largest absolute Gasteiger partial charge is 0.480 e. The molecule has 20 heavy (non-hydrogen) atoms. The Bertz CT molecular complexity index is 529. The maximum absolute atomic E-state index is 12.5. The number of nitrogens with zero attached hydrogens (tertiary/aromatic N) is 2. The fourth-order valence-electron chi connectivity index (χ4n) is 2.63. The number of anilines is 1. The number of hydrogen-bond acceptors (Lipinski definition) is 5. The Balaban J connectivity index is 2.23. The van der Waals surface area contributed by atoms with Gasteiger partial charge >= 0.3 is 5.97 Å². The molecule has 2 rings (SSSR count). The Kier molecular flexibility index (Phi) is 4.27. The number of aryl methyl sites for hydroxylation is 1. The van der Waals surface area contributed by atoms with Crippen molar-refractivity contribution >= 4 is 28.3 Å². The molecule has 1 saturated heterocycles. The monoisotopic (exact) mass is 297 g/mol. The van der Waals surface area contributed by atoms with E-state index in [1.165, 1.54) is 4.90 Å². The van der Waals surface area contributed by atoms with E-state index in [0.717, 1.165) is 24.2 Å². The minimum absolute atomic E-state index is 0.265. The Morgan fingerprint density at radius 2 is 2.25 bits per heavy atom. The number of rotatable bonds is 3. The van der Waals surface area contributed by atoms with E-state index >= 15 is 0 Å². The van der Waals surface area contributed by atoms with E-state index in [4.69, 9.17) is 5.73 Å². The van der Waals surface area contributed by atoms with Gasteiger partial charge in [-0.05, 0) is 25.7 Å². The number of likely N-dealkylation sites (tertiary alicyclic amines) is 1. The first-order valence-corrected chi connectivity index (χ1v) is 7.52. The molecule has 0 spiro atoms. The molecule has 3 N–H and O–H groups in total. The lowest BCUT2D eigenvalue weighted by atomic mass is 9.88. The Morgan fingerprint density at radius 1 is 1.55 bits per heavy atom. The summed E-state index contributed by atoms with van der Waals surface area (Å²) < 4.78 is 0. The van der Waals surface area contributed by atoms with Gasteiger partial charge in [-0.3, -0.25) is 4.79 Å². The smallest absolute Gasteiger partial charge is 0.326 e. The van der Waals surface area contributed by atoms with E-state index in [-0.39, 0.29) is 5.91 Å². The van der Waals surface area contributed by atoms with Crippen molar-refractivity contribution in [2.45, 2.75) is 39.2 Å². The zero-order valence-corrected chi connectivity index (χ0v) is 12.4. The van der Waals surface area contributed by atoms with Crippen LogP contribution in [0.15, 0.2) is 0 Å². The molecule has 2 atom stereocenters. The molecular weight excluding hydrogens is 278 g/mol. The topological polar surface area (TPSA) is 96.5 Å². The lowest BCUT2D eigenvalue weighted by Crippen LogP contribution is -2.50. The minimum atomic E-state index is -0.938. The Labute approximate surface area is 121 Å². The molecule has 1 aromatic rings. The van der Waals surface area contributed by atoms with Crippen LogP contribution in [0.3, 0.4) is 0 Å². The van der Waals surface area contributed by atoms with Crippen LogP contribution in [0.2, 0.25) is 0 Å². The summed E-state index contributed by atoms with van der Waals surface area (Å²) in [4.78, 5) is 29.9. The number of thiazole rings is 1. The van der Waals surface area contributed by atoms with E-state index in [0.29, 0.717) is 34.6 Å². The number of carboxylic acid groups (broad SMARTS) is 1. The molecule has 7 heteroatoms. The molecule has 110 valence electrons. The van der Waals surface area contributed by atoms with Gasteiger partial charge in [0.1, 0.15) is 10.9 Å². The maximum atomic E-state index is 12.5. The predicted molar refractivity (Wildman–Crippen MR) is 76.7 cm³/mol. The summed E-state index contributed by atoms with van der Waals surface area (Å²) in [6.45, 7) is 4.25. The van der Waals surface area contributed by atoms with Gasteiger partial charge in [0.15, 0.2) is 5.13 Å². The second-order valence-corrected chi connectivity index (χ2v) is 6.15. The van der Waals surface area contributed by atoms with Crippen molar-refractivity contribution in [1.29, 1.82) is 0 Å².